The molecule has 0 amide bonds. The van der Waals surface area contributed by atoms with Crippen LogP contribution in [0.4, 0.5) is 0 Å². The molecule has 0 bridgehead atoms. The van der Waals surface area contributed by atoms with E-state index < -0.39 is 0 Å². The predicted octanol–water partition coefficient (Wildman–Crippen LogP) is 0.995. The smallest absolute Gasteiger partial charge is 0.207 e. The van der Waals surface area contributed by atoms with E-state index in [1.54, 1.807) is 0 Å². The lowest BCUT2D eigenvalue weighted by molar-refractivity contribution is 0.655. The van der Waals surface area contributed by atoms with Gasteiger partial charge in [0.2, 0.25) is 7.41 Å². The van der Waals surface area contributed by atoms with Crippen LogP contribution in [-0.4, -0.2) is 26.3 Å². The third-order valence-electron chi connectivity index (χ3n) is 0.783. The minimum atomic E-state index is 1.20. The number of hydrogen-bond donors (Lipinski definition) is 0. The average molecular weight is 98.0 g/mol. The van der Waals surface area contributed by atoms with E-state index in [4.69, 9.17) is 0 Å². The van der Waals surface area contributed by atoms with Crippen molar-refractivity contribution in [1.29, 1.82) is 0 Å². The summed E-state index contributed by atoms with van der Waals surface area (Å²) in [6, 6.07) is 0. The fraction of sp³-hybridized carbons (Fsp3) is 1.00. The molecule has 0 spiro atoms. The summed E-state index contributed by atoms with van der Waals surface area (Å²) >= 11 is 0. The topological polar surface area (TPSA) is 3.24 Å². The first-order valence-corrected chi connectivity index (χ1v) is 2.77. The molecule has 0 aromatic heterocycles. The SMILES string of the molecule is CCC[B]N(C)C. The van der Waals surface area contributed by atoms with Gasteiger partial charge in [0.25, 0.3) is 0 Å². The van der Waals surface area contributed by atoms with Gasteiger partial charge in [-0.15, -0.1) is 0 Å². The minimum absolute atomic E-state index is 1.20. The van der Waals surface area contributed by atoms with Gasteiger partial charge in [-0.2, -0.15) is 0 Å². The molecule has 0 heterocycles. The molecule has 0 atom stereocenters. The van der Waals surface area contributed by atoms with Crippen molar-refractivity contribution in [3.05, 3.63) is 0 Å². The molecule has 2 heteroatoms. The third kappa shape index (κ3) is 6.02. The zero-order chi connectivity index (χ0) is 5.70. The Morgan fingerprint density at radius 2 is 2.00 bits per heavy atom. The van der Waals surface area contributed by atoms with E-state index in [1.807, 2.05) is 0 Å². The number of rotatable bonds is 3. The zero-order valence-electron chi connectivity index (χ0n) is 5.44. The van der Waals surface area contributed by atoms with E-state index in [2.05, 4.69) is 33.2 Å². The normalized spacial score (nSPS) is 9.71. The molecule has 0 aromatic rings. The summed E-state index contributed by atoms with van der Waals surface area (Å²) in [7, 11) is 6.28. The largest absolute Gasteiger partial charge is 0.352 e. The zero-order valence-corrected chi connectivity index (χ0v) is 5.44. The summed E-state index contributed by atoms with van der Waals surface area (Å²) in [5.41, 5.74) is 0. The lowest BCUT2D eigenvalue weighted by Crippen LogP contribution is -2.15. The van der Waals surface area contributed by atoms with Crippen molar-refractivity contribution in [3.63, 3.8) is 0 Å². The predicted molar refractivity (Wildman–Crippen MR) is 34.5 cm³/mol. The van der Waals surface area contributed by atoms with Gasteiger partial charge in [-0.05, 0) is 14.1 Å². The second kappa shape index (κ2) is 4.19. The van der Waals surface area contributed by atoms with Gasteiger partial charge < -0.3 is 4.81 Å². The van der Waals surface area contributed by atoms with Crippen molar-refractivity contribution in [3.8, 4) is 0 Å². The molecule has 0 saturated heterocycles. The maximum Gasteiger partial charge on any atom is 0.207 e. The van der Waals surface area contributed by atoms with Gasteiger partial charge in [-0.25, -0.2) is 0 Å². The second-order valence-corrected chi connectivity index (χ2v) is 1.93. The standard InChI is InChI=1S/C5H13BN/c1-4-5-6-7(2)3/h4-5H2,1-3H3. The van der Waals surface area contributed by atoms with E-state index in [0.29, 0.717) is 0 Å². The minimum Gasteiger partial charge on any atom is -0.352 e. The molecular weight excluding hydrogens is 84.9 g/mol. The fourth-order valence-corrected chi connectivity index (χ4v) is 0.387. The fourth-order valence-electron chi connectivity index (χ4n) is 0.387. The summed E-state index contributed by atoms with van der Waals surface area (Å²) < 4.78 is 0. The van der Waals surface area contributed by atoms with Gasteiger partial charge >= 0.3 is 0 Å². The Hall–Kier alpha value is 0.0249. The van der Waals surface area contributed by atoms with Crippen LogP contribution < -0.4 is 0 Å². The number of hydrogen-bond acceptors (Lipinski definition) is 1. The van der Waals surface area contributed by atoms with E-state index in [1.165, 1.54) is 12.7 Å². The van der Waals surface area contributed by atoms with Gasteiger partial charge in [0.1, 0.15) is 0 Å². The van der Waals surface area contributed by atoms with Crippen LogP contribution in [0.2, 0.25) is 6.32 Å². The van der Waals surface area contributed by atoms with Gasteiger partial charge in [0.15, 0.2) is 0 Å². The van der Waals surface area contributed by atoms with Crippen LogP contribution in [0.1, 0.15) is 13.3 Å². The molecule has 0 saturated carbocycles. The molecular formula is C5H13BN. The molecule has 1 nitrogen and oxygen atoms in total. The molecule has 1 radical (unpaired) electrons. The summed E-state index contributed by atoms with van der Waals surface area (Å²) in [5.74, 6) is 0. The number of nitrogens with zero attached hydrogens (tertiary/aromatic N) is 1. The van der Waals surface area contributed by atoms with Gasteiger partial charge in [-0.1, -0.05) is 19.7 Å². The molecule has 0 aromatic carbocycles. The van der Waals surface area contributed by atoms with E-state index in [-0.39, 0.29) is 0 Å². The van der Waals surface area contributed by atoms with E-state index in [9.17, 15) is 0 Å². The third-order valence-corrected chi connectivity index (χ3v) is 0.783. The molecule has 0 rings (SSSR count). The Labute approximate surface area is 47.0 Å². The Morgan fingerprint density at radius 1 is 1.43 bits per heavy atom. The molecule has 0 aliphatic carbocycles. The Bertz CT molecular complexity index is 37.1. The van der Waals surface area contributed by atoms with Crippen molar-refractivity contribution in [2.75, 3.05) is 14.1 Å². The molecule has 0 fully saturated rings. The van der Waals surface area contributed by atoms with Crippen LogP contribution in [0.25, 0.3) is 0 Å². The lowest BCUT2D eigenvalue weighted by atomic mass is 9.86. The van der Waals surface area contributed by atoms with Crippen LogP contribution >= 0.6 is 0 Å². The summed E-state index contributed by atoms with van der Waals surface area (Å²) in [6.07, 6.45) is 2.45. The highest BCUT2D eigenvalue weighted by atomic mass is 15.0. The molecule has 41 valence electrons. The highest BCUT2D eigenvalue weighted by molar-refractivity contribution is 6.31. The van der Waals surface area contributed by atoms with Crippen molar-refractivity contribution in [2.24, 2.45) is 0 Å². The quantitative estimate of drug-likeness (QED) is 0.476. The molecule has 0 aliphatic heterocycles. The first kappa shape index (κ1) is 7.02. The van der Waals surface area contributed by atoms with Crippen LogP contribution in [0.3, 0.4) is 0 Å². The molecule has 0 aliphatic rings. The van der Waals surface area contributed by atoms with Crippen molar-refractivity contribution in [1.82, 2.24) is 4.81 Å². The Morgan fingerprint density at radius 3 is 2.14 bits per heavy atom. The van der Waals surface area contributed by atoms with Crippen molar-refractivity contribution < 1.29 is 0 Å². The lowest BCUT2D eigenvalue weighted by Gasteiger charge is -2.03. The monoisotopic (exact) mass is 98.1 g/mol. The summed E-state index contributed by atoms with van der Waals surface area (Å²) in [6.45, 7) is 2.18. The second-order valence-electron chi connectivity index (χ2n) is 1.93. The van der Waals surface area contributed by atoms with Crippen LogP contribution in [0.15, 0.2) is 0 Å². The van der Waals surface area contributed by atoms with Crippen LogP contribution in [-0.2, 0) is 0 Å². The summed E-state index contributed by atoms with van der Waals surface area (Å²) in [4.78, 5) is 2.09. The maximum atomic E-state index is 2.18. The highest BCUT2D eigenvalue weighted by Gasteiger charge is 1.88. The van der Waals surface area contributed by atoms with Gasteiger partial charge in [0.05, 0.1) is 0 Å². The van der Waals surface area contributed by atoms with Gasteiger partial charge in [0, 0.05) is 0 Å². The average Bonchev–Trinajstić information content (AvgIpc) is 1.61. The van der Waals surface area contributed by atoms with Crippen molar-refractivity contribution >= 4 is 7.41 Å². The molecule has 0 N–H and O–H groups in total. The van der Waals surface area contributed by atoms with E-state index in [0.717, 1.165) is 0 Å². The molecule has 0 unspecified atom stereocenters. The first-order valence-electron chi connectivity index (χ1n) is 2.77. The highest BCUT2D eigenvalue weighted by Crippen LogP contribution is 1.85. The van der Waals surface area contributed by atoms with Crippen molar-refractivity contribution in [2.45, 2.75) is 19.7 Å². The Balaban J connectivity index is 2.68. The summed E-state index contributed by atoms with van der Waals surface area (Å²) in [5, 5.41) is 0. The maximum absolute atomic E-state index is 2.18. The van der Waals surface area contributed by atoms with E-state index >= 15 is 0 Å². The van der Waals surface area contributed by atoms with Gasteiger partial charge in [-0.3, -0.25) is 0 Å². The van der Waals surface area contributed by atoms with Crippen LogP contribution in [0.5, 0.6) is 0 Å². The molecule has 7 heavy (non-hydrogen) atoms. The Kier molecular flexibility index (Phi) is 4.21. The first-order chi connectivity index (χ1) is 3.27. The van der Waals surface area contributed by atoms with Crippen LogP contribution in [0, 0.1) is 0 Å².